The predicted octanol–water partition coefficient (Wildman–Crippen LogP) is 4.15. The Morgan fingerprint density at radius 2 is 1.60 bits per heavy atom. The number of hydrogen-bond donors (Lipinski definition) is 3. The van der Waals surface area contributed by atoms with E-state index in [0.717, 1.165) is 48.6 Å². The average Bonchev–Trinajstić information content (AvgIpc) is 3.22. The summed E-state index contributed by atoms with van der Waals surface area (Å²) >= 11 is 6.59. The summed E-state index contributed by atoms with van der Waals surface area (Å²) in [6.07, 6.45) is 0. The summed E-state index contributed by atoms with van der Waals surface area (Å²) in [5.74, 6) is 0.163. The third kappa shape index (κ3) is 4.43. The van der Waals surface area contributed by atoms with Crippen LogP contribution in [0.5, 0.6) is 5.75 Å². The molecule has 0 aromatic heterocycles. The Morgan fingerprint density at radius 3 is 2.23 bits per heavy atom. The van der Waals surface area contributed by atoms with Crippen LogP contribution in [0.2, 0.25) is 5.02 Å². The molecule has 2 fully saturated rings. The number of piperazine rings is 1. The van der Waals surface area contributed by atoms with Gasteiger partial charge in [0.1, 0.15) is 5.75 Å². The fourth-order valence-electron chi connectivity index (χ4n) is 4.84. The van der Waals surface area contributed by atoms with E-state index in [1.165, 1.54) is 0 Å². The third-order valence-electron chi connectivity index (χ3n) is 6.83. The van der Waals surface area contributed by atoms with Crippen LogP contribution in [0.25, 0.3) is 22.3 Å². The van der Waals surface area contributed by atoms with Crippen molar-refractivity contribution in [3.63, 3.8) is 0 Å². The van der Waals surface area contributed by atoms with Crippen LogP contribution >= 0.6 is 11.6 Å². The summed E-state index contributed by atoms with van der Waals surface area (Å²) in [7, 11) is 1.77. The number of nitrogens with zero attached hydrogens (tertiary/aromatic N) is 3. The maximum absolute atomic E-state index is 12.4. The Bertz CT molecular complexity index is 1260. The number of carbonyl (C=O) groups is 1. The molecule has 0 aliphatic carbocycles. The first kappa shape index (κ1) is 23.5. The van der Waals surface area contributed by atoms with Gasteiger partial charge in [0.15, 0.2) is 0 Å². The van der Waals surface area contributed by atoms with Crippen LogP contribution in [0, 0.1) is 0 Å². The number of amides is 2. The molecule has 0 saturated carbocycles. The molecule has 0 radical (unpaired) electrons. The van der Waals surface area contributed by atoms with Gasteiger partial charge in [0.05, 0.1) is 17.3 Å². The number of likely N-dealkylation sites (N-methyl/N-ethyl adjacent to an activating group) is 1. The van der Waals surface area contributed by atoms with Gasteiger partial charge in [-0.1, -0.05) is 48.0 Å². The summed E-state index contributed by atoms with van der Waals surface area (Å²) in [5, 5.41) is 25.0. The Morgan fingerprint density at radius 1 is 0.914 bits per heavy atom. The molecule has 2 aliphatic heterocycles. The first-order chi connectivity index (χ1) is 17.0. The zero-order valence-electron chi connectivity index (χ0n) is 19.7. The Labute approximate surface area is 210 Å². The summed E-state index contributed by atoms with van der Waals surface area (Å²) in [5.41, 5.74) is 5.55. The second-order valence-corrected chi connectivity index (χ2v) is 9.37. The molecular formula is C27H29ClN4O3. The highest BCUT2D eigenvalue weighted by Crippen LogP contribution is 2.41. The minimum absolute atomic E-state index is 0.0360. The molecule has 8 heteroatoms. The molecule has 2 saturated heterocycles. The molecule has 0 bridgehead atoms. The largest absolute Gasteiger partial charge is 0.507 e. The van der Waals surface area contributed by atoms with Crippen molar-refractivity contribution < 1.29 is 15.0 Å². The van der Waals surface area contributed by atoms with Crippen molar-refractivity contribution in [2.24, 2.45) is 0 Å². The number of urea groups is 1. The van der Waals surface area contributed by atoms with Crippen molar-refractivity contribution in [2.75, 3.05) is 56.1 Å². The van der Waals surface area contributed by atoms with Gasteiger partial charge < -0.3 is 25.3 Å². The molecule has 3 aromatic carbocycles. The first-order valence-electron chi connectivity index (χ1n) is 11.8. The van der Waals surface area contributed by atoms with Gasteiger partial charge in [-0.05, 0) is 29.3 Å². The van der Waals surface area contributed by atoms with E-state index in [1.807, 2.05) is 48.5 Å². The summed E-state index contributed by atoms with van der Waals surface area (Å²) in [6, 6.07) is 17.0. The highest BCUT2D eigenvalue weighted by molar-refractivity contribution is 6.34. The maximum atomic E-state index is 12.4. The van der Waals surface area contributed by atoms with Crippen LogP contribution in [0.3, 0.4) is 0 Å². The molecule has 5 rings (SSSR count). The molecule has 0 unspecified atom stereocenters. The molecule has 3 aromatic rings. The summed E-state index contributed by atoms with van der Waals surface area (Å²) in [4.78, 5) is 18.0. The number of anilines is 2. The number of para-hydroxylation sites is 1. The number of aliphatic hydroxyl groups excluding tert-OH is 1. The van der Waals surface area contributed by atoms with E-state index >= 15 is 0 Å². The number of rotatable bonds is 5. The van der Waals surface area contributed by atoms with Gasteiger partial charge in [-0.25, -0.2) is 4.79 Å². The van der Waals surface area contributed by atoms with Gasteiger partial charge >= 0.3 is 6.03 Å². The fraction of sp³-hybridized carbons (Fsp3) is 0.296. The predicted molar refractivity (Wildman–Crippen MR) is 140 cm³/mol. The first-order valence-corrected chi connectivity index (χ1v) is 12.2. The number of hydrogen-bond acceptors (Lipinski definition) is 5. The molecule has 0 spiro atoms. The van der Waals surface area contributed by atoms with Crippen molar-refractivity contribution in [1.29, 1.82) is 0 Å². The molecule has 3 N–H and O–H groups in total. The van der Waals surface area contributed by atoms with E-state index in [2.05, 4.69) is 10.2 Å². The number of phenols is 1. The number of nitrogens with one attached hydrogen (secondary N) is 1. The SMILES string of the molecule is CN1CCN(c2ccc(-c3cccc(-c4ccc(CO)c(N5CCNCC5)c4)c3O)cc2Cl)C1=O. The van der Waals surface area contributed by atoms with E-state index in [9.17, 15) is 15.0 Å². The number of aromatic hydroxyl groups is 1. The lowest BCUT2D eigenvalue weighted by Gasteiger charge is -2.31. The van der Waals surface area contributed by atoms with Crippen molar-refractivity contribution in [3.8, 4) is 28.0 Å². The van der Waals surface area contributed by atoms with E-state index in [-0.39, 0.29) is 18.4 Å². The lowest BCUT2D eigenvalue weighted by Crippen LogP contribution is -2.43. The topological polar surface area (TPSA) is 79.3 Å². The quantitative estimate of drug-likeness (QED) is 0.498. The van der Waals surface area contributed by atoms with Crippen LogP contribution in [0.4, 0.5) is 16.2 Å². The molecule has 182 valence electrons. The van der Waals surface area contributed by atoms with Crippen LogP contribution in [0.15, 0.2) is 54.6 Å². The third-order valence-corrected chi connectivity index (χ3v) is 7.13. The molecule has 0 atom stereocenters. The summed E-state index contributed by atoms with van der Waals surface area (Å²) < 4.78 is 0. The highest BCUT2D eigenvalue weighted by atomic mass is 35.5. The molecule has 7 nitrogen and oxygen atoms in total. The minimum atomic E-state index is -0.0730. The number of benzene rings is 3. The standard InChI is InChI=1S/C27H29ClN4O3/c1-30-13-14-32(27(30)35)24-8-7-18(15-23(24)28)21-3-2-4-22(26(21)34)19-5-6-20(17-33)25(16-19)31-11-9-29-10-12-31/h2-8,15-16,29,33-34H,9-14,17H2,1H3. The second kappa shape index (κ2) is 9.77. The monoisotopic (exact) mass is 492 g/mol. The Hall–Kier alpha value is -3.26. The lowest BCUT2D eigenvalue weighted by molar-refractivity contribution is 0.229. The number of phenolic OH excluding ortho intramolecular Hbond substituents is 1. The zero-order chi connectivity index (χ0) is 24.5. The van der Waals surface area contributed by atoms with Gasteiger partial charge in [-0.3, -0.25) is 4.90 Å². The normalized spacial score (nSPS) is 16.3. The van der Waals surface area contributed by atoms with Crippen LogP contribution < -0.4 is 15.1 Å². The van der Waals surface area contributed by atoms with E-state index in [4.69, 9.17) is 11.6 Å². The smallest absolute Gasteiger partial charge is 0.324 e. The van der Waals surface area contributed by atoms with Gasteiger partial charge in [0.25, 0.3) is 0 Å². The van der Waals surface area contributed by atoms with Crippen molar-refractivity contribution in [2.45, 2.75) is 6.61 Å². The van der Waals surface area contributed by atoms with Gasteiger partial charge in [-0.15, -0.1) is 0 Å². The maximum Gasteiger partial charge on any atom is 0.324 e. The Kier molecular flexibility index (Phi) is 6.56. The molecule has 2 heterocycles. The van der Waals surface area contributed by atoms with Crippen molar-refractivity contribution in [3.05, 3.63) is 65.2 Å². The average molecular weight is 493 g/mol. The molecule has 2 amide bonds. The number of halogens is 1. The molecule has 35 heavy (non-hydrogen) atoms. The van der Waals surface area contributed by atoms with Crippen LogP contribution in [-0.4, -0.2) is 67.5 Å². The zero-order valence-corrected chi connectivity index (χ0v) is 20.4. The summed E-state index contributed by atoms with van der Waals surface area (Å²) in [6.45, 7) is 4.73. The second-order valence-electron chi connectivity index (χ2n) is 8.96. The van der Waals surface area contributed by atoms with Gasteiger partial charge in [0.2, 0.25) is 0 Å². The van der Waals surface area contributed by atoms with E-state index < -0.39 is 0 Å². The molecular weight excluding hydrogens is 464 g/mol. The minimum Gasteiger partial charge on any atom is -0.507 e. The van der Waals surface area contributed by atoms with E-state index in [0.29, 0.717) is 34.9 Å². The van der Waals surface area contributed by atoms with E-state index in [1.54, 1.807) is 22.9 Å². The van der Waals surface area contributed by atoms with Gasteiger partial charge in [0, 0.05) is 68.7 Å². The lowest BCUT2D eigenvalue weighted by atomic mass is 9.95. The molecule has 2 aliphatic rings. The van der Waals surface area contributed by atoms with Crippen LogP contribution in [-0.2, 0) is 6.61 Å². The highest BCUT2D eigenvalue weighted by Gasteiger charge is 2.28. The van der Waals surface area contributed by atoms with Gasteiger partial charge in [-0.2, -0.15) is 0 Å². The number of aliphatic hydroxyl groups is 1. The van der Waals surface area contributed by atoms with Crippen molar-refractivity contribution >= 4 is 29.0 Å². The Balaban J connectivity index is 1.50. The fourth-order valence-corrected chi connectivity index (χ4v) is 5.12. The number of carbonyl (C=O) groups excluding carboxylic acids is 1. The van der Waals surface area contributed by atoms with Crippen molar-refractivity contribution in [1.82, 2.24) is 10.2 Å². The van der Waals surface area contributed by atoms with Crippen LogP contribution in [0.1, 0.15) is 5.56 Å².